The van der Waals surface area contributed by atoms with E-state index < -0.39 is 0 Å². The molecular weight excluding hydrogens is 516 g/mol. The van der Waals surface area contributed by atoms with Gasteiger partial charge < -0.3 is 0 Å². The maximum absolute atomic E-state index is 5.15. The molecule has 190 valence electrons. The van der Waals surface area contributed by atoms with E-state index in [1.165, 1.54) is 52.5 Å². The Labute approximate surface area is 240 Å². The molecule has 0 saturated carbocycles. The van der Waals surface area contributed by atoms with Crippen molar-refractivity contribution < 1.29 is 0 Å². The van der Waals surface area contributed by atoms with Crippen molar-refractivity contribution in [1.82, 2.24) is 9.97 Å². The zero-order valence-corrected chi connectivity index (χ0v) is 22.8. The fourth-order valence-electron chi connectivity index (χ4n) is 6.33. The van der Waals surface area contributed by atoms with E-state index >= 15 is 0 Å². The summed E-state index contributed by atoms with van der Waals surface area (Å²) in [4.78, 5) is 10.2. The highest BCUT2D eigenvalue weighted by Gasteiger charge is 2.15. The number of thiophene rings is 1. The van der Waals surface area contributed by atoms with Gasteiger partial charge >= 0.3 is 0 Å². The van der Waals surface area contributed by atoms with Crippen LogP contribution in [0.1, 0.15) is 0 Å². The molecule has 0 spiro atoms. The van der Waals surface area contributed by atoms with Crippen LogP contribution in [-0.4, -0.2) is 9.97 Å². The third kappa shape index (κ3) is 3.43. The Bertz CT molecular complexity index is 2470. The second kappa shape index (κ2) is 8.69. The van der Waals surface area contributed by atoms with Crippen molar-refractivity contribution >= 4 is 74.7 Å². The van der Waals surface area contributed by atoms with E-state index in [1.54, 1.807) is 0 Å². The third-order valence-corrected chi connectivity index (χ3v) is 9.38. The number of hydrogen-bond donors (Lipinski definition) is 0. The Kier molecular flexibility index (Phi) is 4.80. The Hall–Kier alpha value is -5.12. The Morgan fingerprint density at radius 1 is 0.366 bits per heavy atom. The SMILES string of the molecule is c1ccc(-c2nc(-c3ccc4c(c3)c3ccccc3c3cc5sc6ccccc6c5cc43)nc3ccccc23)cc1. The average molecular weight is 539 g/mol. The maximum Gasteiger partial charge on any atom is 0.160 e. The highest BCUT2D eigenvalue weighted by Crippen LogP contribution is 2.42. The van der Waals surface area contributed by atoms with Crippen molar-refractivity contribution in [3.8, 4) is 22.6 Å². The molecule has 0 radical (unpaired) electrons. The number of benzene rings is 7. The zero-order chi connectivity index (χ0) is 26.9. The molecule has 9 rings (SSSR count). The second-order valence-electron chi connectivity index (χ2n) is 10.6. The summed E-state index contributed by atoms with van der Waals surface area (Å²) in [5, 5.41) is 11.3. The topological polar surface area (TPSA) is 25.8 Å². The van der Waals surface area contributed by atoms with Gasteiger partial charge in [0.05, 0.1) is 11.2 Å². The van der Waals surface area contributed by atoms with Crippen LogP contribution in [0.25, 0.3) is 86.0 Å². The fourth-order valence-corrected chi connectivity index (χ4v) is 7.46. The highest BCUT2D eigenvalue weighted by molar-refractivity contribution is 7.25. The quantitative estimate of drug-likeness (QED) is 0.205. The number of aromatic nitrogens is 2. The van der Waals surface area contributed by atoms with Crippen LogP contribution in [0.3, 0.4) is 0 Å². The van der Waals surface area contributed by atoms with Gasteiger partial charge in [0.1, 0.15) is 0 Å². The molecule has 0 amide bonds. The van der Waals surface area contributed by atoms with Gasteiger partial charge in [0, 0.05) is 36.7 Å². The summed E-state index contributed by atoms with van der Waals surface area (Å²) in [6, 6.07) is 47.7. The summed E-state index contributed by atoms with van der Waals surface area (Å²) in [5.74, 6) is 0.743. The van der Waals surface area contributed by atoms with Gasteiger partial charge in [-0.25, -0.2) is 9.97 Å². The minimum absolute atomic E-state index is 0.743. The molecule has 3 heteroatoms. The van der Waals surface area contributed by atoms with Crippen LogP contribution < -0.4 is 0 Å². The molecule has 0 aliphatic carbocycles. The first kappa shape index (κ1) is 22.7. The van der Waals surface area contributed by atoms with Gasteiger partial charge in [-0.05, 0) is 62.6 Å². The summed E-state index contributed by atoms with van der Waals surface area (Å²) in [6.07, 6.45) is 0. The van der Waals surface area contributed by atoms with E-state index in [2.05, 4.69) is 121 Å². The van der Waals surface area contributed by atoms with E-state index in [9.17, 15) is 0 Å². The van der Waals surface area contributed by atoms with Crippen molar-refractivity contribution in [3.63, 3.8) is 0 Å². The first-order valence-corrected chi connectivity index (χ1v) is 14.7. The van der Waals surface area contributed by atoms with E-state index in [0.29, 0.717) is 0 Å². The molecule has 0 unspecified atom stereocenters. The van der Waals surface area contributed by atoms with Crippen molar-refractivity contribution in [2.45, 2.75) is 0 Å². The van der Waals surface area contributed by atoms with Crippen LogP contribution in [0.15, 0.2) is 133 Å². The standard InChI is InChI=1S/C38H22N2S/c1-2-10-23(11-3-1)37-29-15-6-8-16-34(29)39-38(40-37)24-18-19-27-30(20-24)25-12-4-5-13-26(25)32-22-36-33(21-31(27)32)28-14-7-9-17-35(28)41-36/h1-22H. The van der Waals surface area contributed by atoms with Crippen LogP contribution in [0.2, 0.25) is 0 Å². The van der Waals surface area contributed by atoms with E-state index in [-0.39, 0.29) is 0 Å². The van der Waals surface area contributed by atoms with Crippen LogP contribution >= 0.6 is 11.3 Å². The number of nitrogens with zero attached hydrogens (tertiary/aromatic N) is 2. The normalized spacial score (nSPS) is 11.9. The van der Waals surface area contributed by atoms with Crippen LogP contribution in [-0.2, 0) is 0 Å². The van der Waals surface area contributed by atoms with Crippen molar-refractivity contribution in [2.75, 3.05) is 0 Å². The van der Waals surface area contributed by atoms with Crippen LogP contribution in [0.5, 0.6) is 0 Å². The molecule has 0 aliphatic rings. The summed E-state index contributed by atoms with van der Waals surface area (Å²) < 4.78 is 2.66. The van der Waals surface area contributed by atoms with Gasteiger partial charge in [0.25, 0.3) is 0 Å². The van der Waals surface area contributed by atoms with Crippen LogP contribution in [0.4, 0.5) is 0 Å². The summed E-state index contributed by atoms with van der Waals surface area (Å²) in [6.45, 7) is 0. The zero-order valence-electron chi connectivity index (χ0n) is 22.0. The molecule has 0 bridgehead atoms. The van der Waals surface area contributed by atoms with Crippen molar-refractivity contribution in [2.24, 2.45) is 0 Å². The molecule has 2 heterocycles. The lowest BCUT2D eigenvalue weighted by atomic mass is 9.92. The summed E-state index contributed by atoms with van der Waals surface area (Å²) >= 11 is 1.87. The molecule has 0 N–H and O–H groups in total. The number of hydrogen-bond acceptors (Lipinski definition) is 3. The Morgan fingerprint density at radius 3 is 1.83 bits per heavy atom. The molecule has 9 aromatic rings. The predicted molar refractivity (Wildman–Crippen MR) is 176 cm³/mol. The molecule has 0 saturated heterocycles. The van der Waals surface area contributed by atoms with E-state index in [0.717, 1.165) is 33.5 Å². The fraction of sp³-hybridized carbons (Fsp3) is 0. The third-order valence-electron chi connectivity index (χ3n) is 8.24. The number of fused-ring (bicyclic) bond motifs is 10. The minimum atomic E-state index is 0.743. The smallest absolute Gasteiger partial charge is 0.160 e. The highest BCUT2D eigenvalue weighted by atomic mass is 32.1. The van der Waals surface area contributed by atoms with E-state index in [4.69, 9.17) is 9.97 Å². The monoisotopic (exact) mass is 538 g/mol. The maximum atomic E-state index is 5.15. The molecular formula is C38H22N2S. The molecule has 41 heavy (non-hydrogen) atoms. The molecule has 0 atom stereocenters. The van der Waals surface area contributed by atoms with Gasteiger partial charge in [-0.3, -0.25) is 0 Å². The minimum Gasteiger partial charge on any atom is -0.228 e. The molecule has 2 nitrogen and oxygen atoms in total. The molecule has 0 fully saturated rings. The van der Waals surface area contributed by atoms with E-state index in [1.807, 2.05) is 23.5 Å². The van der Waals surface area contributed by atoms with Gasteiger partial charge in [-0.1, -0.05) is 103 Å². The van der Waals surface area contributed by atoms with Crippen molar-refractivity contribution in [3.05, 3.63) is 133 Å². The lowest BCUT2D eigenvalue weighted by Crippen LogP contribution is -1.95. The molecule has 0 aliphatic heterocycles. The lowest BCUT2D eigenvalue weighted by molar-refractivity contribution is 1.23. The lowest BCUT2D eigenvalue weighted by Gasteiger charge is -2.13. The first-order valence-electron chi connectivity index (χ1n) is 13.8. The van der Waals surface area contributed by atoms with Gasteiger partial charge in [-0.15, -0.1) is 11.3 Å². The molecule has 7 aromatic carbocycles. The second-order valence-corrected chi connectivity index (χ2v) is 11.7. The summed E-state index contributed by atoms with van der Waals surface area (Å²) in [7, 11) is 0. The first-order chi connectivity index (χ1) is 20.3. The van der Waals surface area contributed by atoms with Crippen molar-refractivity contribution in [1.29, 1.82) is 0 Å². The summed E-state index contributed by atoms with van der Waals surface area (Å²) in [5.41, 5.74) is 4.02. The Morgan fingerprint density at radius 2 is 1.00 bits per heavy atom. The van der Waals surface area contributed by atoms with Crippen LogP contribution in [0, 0.1) is 0 Å². The van der Waals surface area contributed by atoms with Gasteiger partial charge in [0.2, 0.25) is 0 Å². The van der Waals surface area contributed by atoms with Gasteiger partial charge in [0.15, 0.2) is 5.82 Å². The number of para-hydroxylation sites is 1. The Balaban J connectivity index is 1.35. The predicted octanol–water partition coefficient (Wildman–Crippen LogP) is 10.8. The molecule has 2 aromatic heterocycles. The number of rotatable bonds is 2. The van der Waals surface area contributed by atoms with Gasteiger partial charge in [-0.2, -0.15) is 0 Å². The average Bonchev–Trinajstić information content (AvgIpc) is 3.41. The largest absolute Gasteiger partial charge is 0.228 e.